The lowest BCUT2D eigenvalue weighted by Gasteiger charge is -2.25. The summed E-state index contributed by atoms with van der Waals surface area (Å²) >= 11 is 0. The van der Waals surface area contributed by atoms with Crippen LogP contribution in [0.2, 0.25) is 0 Å². The molecule has 0 aliphatic heterocycles. The summed E-state index contributed by atoms with van der Waals surface area (Å²) in [6.07, 6.45) is 1.81. The van der Waals surface area contributed by atoms with Gasteiger partial charge in [-0.2, -0.15) is 0 Å². The Morgan fingerprint density at radius 3 is 2.89 bits per heavy atom. The molecule has 0 atom stereocenters. The molecule has 0 aliphatic rings. The van der Waals surface area contributed by atoms with Crippen molar-refractivity contribution in [3.63, 3.8) is 0 Å². The van der Waals surface area contributed by atoms with E-state index in [1.807, 2.05) is 18.2 Å². The number of rotatable bonds is 6. The van der Waals surface area contributed by atoms with Crippen molar-refractivity contribution in [3.05, 3.63) is 36.5 Å². The average Bonchev–Trinajstić information content (AvgIpc) is 2.43. The molecule has 19 heavy (non-hydrogen) atoms. The molecule has 2 rings (SSSR count). The van der Waals surface area contributed by atoms with Gasteiger partial charge < -0.3 is 10.1 Å². The highest BCUT2D eigenvalue weighted by atomic mass is 16.5. The van der Waals surface area contributed by atoms with Crippen LogP contribution in [0.1, 0.15) is 20.8 Å². The summed E-state index contributed by atoms with van der Waals surface area (Å²) in [5.41, 5.74) is 1.10. The SMILES string of the molecule is CCNCC(C)(C)COc1ccc2cccnc2c1. The van der Waals surface area contributed by atoms with E-state index in [0.717, 1.165) is 29.7 Å². The van der Waals surface area contributed by atoms with Gasteiger partial charge in [0.05, 0.1) is 12.1 Å². The zero-order valence-electron chi connectivity index (χ0n) is 11.9. The van der Waals surface area contributed by atoms with E-state index in [4.69, 9.17) is 4.74 Å². The summed E-state index contributed by atoms with van der Waals surface area (Å²) in [6, 6.07) is 10.1. The van der Waals surface area contributed by atoms with Gasteiger partial charge in [-0.15, -0.1) is 0 Å². The van der Waals surface area contributed by atoms with Gasteiger partial charge in [0.15, 0.2) is 0 Å². The fourth-order valence-electron chi connectivity index (χ4n) is 1.93. The number of nitrogens with one attached hydrogen (secondary N) is 1. The van der Waals surface area contributed by atoms with Crippen LogP contribution in [0.15, 0.2) is 36.5 Å². The number of hydrogen-bond acceptors (Lipinski definition) is 3. The molecule has 1 heterocycles. The van der Waals surface area contributed by atoms with Crippen molar-refractivity contribution in [1.29, 1.82) is 0 Å². The monoisotopic (exact) mass is 258 g/mol. The van der Waals surface area contributed by atoms with Gasteiger partial charge in [0.2, 0.25) is 0 Å². The highest BCUT2D eigenvalue weighted by Crippen LogP contribution is 2.21. The highest BCUT2D eigenvalue weighted by Gasteiger charge is 2.18. The van der Waals surface area contributed by atoms with E-state index >= 15 is 0 Å². The number of nitrogens with zero attached hydrogens (tertiary/aromatic N) is 1. The maximum atomic E-state index is 5.90. The van der Waals surface area contributed by atoms with Crippen molar-refractivity contribution < 1.29 is 4.74 Å². The molecule has 0 radical (unpaired) electrons. The Bertz CT molecular complexity index is 537. The maximum absolute atomic E-state index is 5.90. The quantitative estimate of drug-likeness (QED) is 0.863. The molecule has 1 aromatic heterocycles. The fraction of sp³-hybridized carbons (Fsp3) is 0.438. The van der Waals surface area contributed by atoms with E-state index < -0.39 is 0 Å². The van der Waals surface area contributed by atoms with Crippen LogP contribution in [0.5, 0.6) is 5.75 Å². The maximum Gasteiger partial charge on any atom is 0.121 e. The predicted octanol–water partition coefficient (Wildman–Crippen LogP) is 3.25. The van der Waals surface area contributed by atoms with E-state index in [1.165, 1.54) is 0 Å². The number of benzene rings is 1. The summed E-state index contributed by atoms with van der Waals surface area (Å²) < 4.78 is 5.90. The Balaban J connectivity index is 2.01. The molecule has 0 saturated heterocycles. The van der Waals surface area contributed by atoms with Gasteiger partial charge in [-0.05, 0) is 24.7 Å². The van der Waals surface area contributed by atoms with Crippen LogP contribution in [0, 0.1) is 5.41 Å². The van der Waals surface area contributed by atoms with Gasteiger partial charge in [0.25, 0.3) is 0 Å². The highest BCUT2D eigenvalue weighted by molar-refractivity contribution is 5.79. The minimum Gasteiger partial charge on any atom is -0.493 e. The summed E-state index contributed by atoms with van der Waals surface area (Å²) in [7, 11) is 0. The molecule has 0 fully saturated rings. The number of hydrogen-bond donors (Lipinski definition) is 1. The Morgan fingerprint density at radius 2 is 2.11 bits per heavy atom. The molecule has 2 aromatic rings. The first-order chi connectivity index (χ1) is 9.11. The van der Waals surface area contributed by atoms with Crippen molar-refractivity contribution in [2.75, 3.05) is 19.7 Å². The van der Waals surface area contributed by atoms with Crippen LogP contribution >= 0.6 is 0 Å². The third-order valence-corrected chi connectivity index (χ3v) is 3.06. The van der Waals surface area contributed by atoms with Crippen molar-refractivity contribution in [2.24, 2.45) is 5.41 Å². The third-order valence-electron chi connectivity index (χ3n) is 3.06. The Kier molecular flexibility index (Phi) is 4.38. The fourth-order valence-corrected chi connectivity index (χ4v) is 1.93. The Morgan fingerprint density at radius 1 is 1.26 bits per heavy atom. The molecule has 3 heteroatoms. The zero-order valence-corrected chi connectivity index (χ0v) is 11.9. The molecule has 0 amide bonds. The molecule has 1 aromatic carbocycles. The smallest absolute Gasteiger partial charge is 0.121 e. The predicted molar refractivity (Wildman–Crippen MR) is 79.6 cm³/mol. The first-order valence-electron chi connectivity index (χ1n) is 6.79. The molecule has 0 saturated carbocycles. The second-order valence-corrected chi connectivity index (χ2v) is 5.59. The topological polar surface area (TPSA) is 34.1 Å². The van der Waals surface area contributed by atoms with Crippen LogP contribution in [-0.2, 0) is 0 Å². The molecule has 102 valence electrons. The molecule has 0 unspecified atom stereocenters. The molecule has 0 aliphatic carbocycles. The van der Waals surface area contributed by atoms with Crippen LogP contribution in [0.4, 0.5) is 0 Å². The lowest BCUT2D eigenvalue weighted by Crippen LogP contribution is -2.34. The number of ether oxygens (including phenoxy) is 1. The van der Waals surface area contributed by atoms with Gasteiger partial charge in [-0.25, -0.2) is 0 Å². The van der Waals surface area contributed by atoms with Crippen LogP contribution in [0.25, 0.3) is 10.9 Å². The van der Waals surface area contributed by atoms with E-state index in [9.17, 15) is 0 Å². The normalized spacial score (nSPS) is 11.7. The van der Waals surface area contributed by atoms with Crippen LogP contribution in [-0.4, -0.2) is 24.7 Å². The van der Waals surface area contributed by atoms with Gasteiger partial charge in [-0.1, -0.05) is 26.8 Å². The number of aromatic nitrogens is 1. The van der Waals surface area contributed by atoms with Crippen molar-refractivity contribution in [1.82, 2.24) is 10.3 Å². The molecule has 0 bridgehead atoms. The molecule has 1 N–H and O–H groups in total. The van der Waals surface area contributed by atoms with Crippen molar-refractivity contribution >= 4 is 10.9 Å². The number of pyridine rings is 1. The first kappa shape index (κ1) is 13.8. The lowest BCUT2D eigenvalue weighted by molar-refractivity contribution is 0.177. The van der Waals surface area contributed by atoms with E-state index in [0.29, 0.717) is 6.61 Å². The average molecular weight is 258 g/mol. The minimum atomic E-state index is 0.120. The standard InChI is InChI=1S/C16H22N2O/c1-4-17-11-16(2,3)12-19-14-8-7-13-6-5-9-18-15(13)10-14/h5-10,17H,4,11-12H2,1-3H3. The Hall–Kier alpha value is -1.61. The molecular formula is C16H22N2O. The first-order valence-corrected chi connectivity index (χ1v) is 6.79. The van der Waals surface area contributed by atoms with Crippen LogP contribution in [0.3, 0.4) is 0 Å². The van der Waals surface area contributed by atoms with Gasteiger partial charge >= 0.3 is 0 Å². The second-order valence-electron chi connectivity index (χ2n) is 5.59. The summed E-state index contributed by atoms with van der Waals surface area (Å²) in [6.45, 7) is 9.16. The summed E-state index contributed by atoms with van der Waals surface area (Å²) in [4.78, 5) is 4.34. The van der Waals surface area contributed by atoms with Crippen molar-refractivity contribution in [3.8, 4) is 5.75 Å². The van der Waals surface area contributed by atoms with Crippen LogP contribution < -0.4 is 10.1 Å². The largest absolute Gasteiger partial charge is 0.493 e. The van der Waals surface area contributed by atoms with Crippen molar-refractivity contribution in [2.45, 2.75) is 20.8 Å². The second kappa shape index (κ2) is 6.02. The van der Waals surface area contributed by atoms with Gasteiger partial charge in [0, 0.05) is 29.6 Å². The van der Waals surface area contributed by atoms with E-state index in [2.05, 4.69) is 43.2 Å². The lowest BCUT2D eigenvalue weighted by atomic mass is 9.95. The van der Waals surface area contributed by atoms with E-state index in [-0.39, 0.29) is 5.41 Å². The number of fused-ring (bicyclic) bond motifs is 1. The molecule has 0 spiro atoms. The van der Waals surface area contributed by atoms with Gasteiger partial charge in [-0.3, -0.25) is 4.98 Å². The third kappa shape index (κ3) is 3.93. The van der Waals surface area contributed by atoms with E-state index in [1.54, 1.807) is 6.20 Å². The minimum absolute atomic E-state index is 0.120. The molecular weight excluding hydrogens is 236 g/mol. The summed E-state index contributed by atoms with van der Waals surface area (Å²) in [5.74, 6) is 0.885. The zero-order chi connectivity index (χ0) is 13.7. The summed E-state index contributed by atoms with van der Waals surface area (Å²) in [5, 5.41) is 4.50. The van der Waals surface area contributed by atoms with Gasteiger partial charge in [0.1, 0.15) is 5.75 Å². The Labute approximate surface area is 115 Å². The molecule has 3 nitrogen and oxygen atoms in total.